The maximum atomic E-state index is 11.1. The summed E-state index contributed by atoms with van der Waals surface area (Å²) < 4.78 is 0. The van der Waals surface area contributed by atoms with Crippen LogP contribution in [0.4, 0.5) is 0 Å². The Morgan fingerprint density at radius 3 is 2.91 bits per heavy atom. The number of H-pyrrole nitrogens is 1. The molecule has 0 radical (unpaired) electrons. The standard InChI is InChI=1S/C8H12N2O/c1-6(9-2)7-4-3-5-10-8(7)11/h3-6,9H,1-2H3,(H,10,11). The average Bonchev–Trinajstić information content (AvgIpc) is 2.04. The molecular weight excluding hydrogens is 140 g/mol. The van der Waals surface area contributed by atoms with Gasteiger partial charge >= 0.3 is 0 Å². The van der Waals surface area contributed by atoms with Crippen molar-refractivity contribution >= 4 is 0 Å². The fourth-order valence-corrected chi connectivity index (χ4v) is 0.931. The zero-order valence-electron chi connectivity index (χ0n) is 6.72. The van der Waals surface area contributed by atoms with Crippen LogP contribution in [0.15, 0.2) is 23.1 Å². The summed E-state index contributed by atoms with van der Waals surface area (Å²) in [6, 6.07) is 3.75. The van der Waals surface area contributed by atoms with Crippen molar-refractivity contribution in [3.8, 4) is 0 Å². The van der Waals surface area contributed by atoms with Gasteiger partial charge in [-0.15, -0.1) is 0 Å². The lowest BCUT2D eigenvalue weighted by atomic mass is 10.1. The van der Waals surface area contributed by atoms with Gasteiger partial charge in [0.05, 0.1) is 0 Å². The van der Waals surface area contributed by atoms with E-state index in [1.165, 1.54) is 0 Å². The first-order valence-electron chi connectivity index (χ1n) is 3.60. The van der Waals surface area contributed by atoms with Crippen molar-refractivity contribution in [2.75, 3.05) is 7.05 Å². The molecule has 60 valence electrons. The zero-order valence-corrected chi connectivity index (χ0v) is 6.72. The SMILES string of the molecule is CNC(C)c1ccc[nH]c1=O. The van der Waals surface area contributed by atoms with E-state index in [0.717, 1.165) is 5.56 Å². The summed E-state index contributed by atoms with van der Waals surface area (Å²) in [5.74, 6) is 0. The van der Waals surface area contributed by atoms with Crippen LogP contribution in [0.1, 0.15) is 18.5 Å². The van der Waals surface area contributed by atoms with Gasteiger partial charge in [-0.2, -0.15) is 0 Å². The molecule has 1 heterocycles. The smallest absolute Gasteiger partial charge is 0.252 e. The molecule has 11 heavy (non-hydrogen) atoms. The van der Waals surface area contributed by atoms with Gasteiger partial charge in [0.25, 0.3) is 5.56 Å². The minimum absolute atomic E-state index is 0.0191. The van der Waals surface area contributed by atoms with Crippen LogP contribution in [0.25, 0.3) is 0 Å². The van der Waals surface area contributed by atoms with Gasteiger partial charge in [0.2, 0.25) is 0 Å². The second-order valence-corrected chi connectivity index (χ2v) is 2.46. The minimum atomic E-state index is -0.0191. The molecule has 3 heteroatoms. The molecule has 2 N–H and O–H groups in total. The van der Waals surface area contributed by atoms with E-state index in [4.69, 9.17) is 0 Å². The maximum Gasteiger partial charge on any atom is 0.252 e. The summed E-state index contributed by atoms with van der Waals surface area (Å²) in [5.41, 5.74) is 0.754. The van der Waals surface area contributed by atoms with Gasteiger partial charge in [0.1, 0.15) is 0 Å². The molecule has 0 aliphatic carbocycles. The van der Waals surface area contributed by atoms with Crippen LogP contribution >= 0.6 is 0 Å². The Morgan fingerprint density at radius 2 is 2.36 bits per heavy atom. The van der Waals surface area contributed by atoms with E-state index in [0.29, 0.717) is 0 Å². The van der Waals surface area contributed by atoms with Gasteiger partial charge in [-0.3, -0.25) is 4.79 Å². The van der Waals surface area contributed by atoms with Gasteiger partial charge in [-0.25, -0.2) is 0 Å². The highest BCUT2D eigenvalue weighted by atomic mass is 16.1. The van der Waals surface area contributed by atoms with E-state index < -0.39 is 0 Å². The first-order chi connectivity index (χ1) is 5.25. The number of aromatic amines is 1. The highest BCUT2D eigenvalue weighted by Gasteiger charge is 2.04. The molecule has 0 aliphatic heterocycles. The van der Waals surface area contributed by atoms with Crippen LogP contribution in [0.2, 0.25) is 0 Å². The van der Waals surface area contributed by atoms with Crippen molar-refractivity contribution in [3.05, 3.63) is 34.2 Å². The Balaban J connectivity index is 3.03. The first kappa shape index (κ1) is 8.01. The van der Waals surface area contributed by atoms with E-state index in [2.05, 4.69) is 10.3 Å². The van der Waals surface area contributed by atoms with Crippen molar-refractivity contribution in [2.45, 2.75) is 13.0 Å². The molecule has 0 fully saturated rings. The van der Waals surface area contributed by atoms with Crippen molar-refractivity contribution in [1.29, 1.82) is 0 Å². The molecule has 0 aromatic carbocycles. The fourth-order valence-electron chi connectivity index (χ4n) is 0.931. The predicted molar refractivity (Wildman–Crippen MR) is 44.5 cm³/mol. The number of nitrogens with one attached hydrogen (secondary N) is 2. The van der Waals surface area contributed by atoms with Crippen molar-refractivity contribution < 1.29 is 0 Å². The van der Waals surface area contributed by atoms with Gasteiger partial charge in [0, 0.05) is 17.8 Å². The summed E-state index contributed by atoms with van der Waals surface area (Å²) in [5, 5.41) is 3.00. The summed E-state index contributed by atoms with van der Waals surface area (Å²) in [4.78, 5) is 13.7. The predicted octanol–water partition coefficient (Wildman–Crippen LogP) is 0.655. The minimum Gasteiger partial charge on any atom is -0.329 e. The third-order valence-electron chi connectivity index (χ3n) is 1.75. The Hall–Kier alpha value is -1.09. The number of aromatic nitrogens is 1. The van der Waals surface area contributed by atoms with Crippen LogP contribution in [0, 0.1) is 0 Å². The van der Waals surface area contributed by atoms with E-state index >= 15 is 0 Å². The largest absolute Gasteiger partial charge is 0.329 e. The molecule has 1 aromatic rings. The molecule has 1 rings (SSSR count). The van der Waals surface area contributed by atoms with Crippen LogP contribution in [0.3, 0.4) is 0 Å². The van der Waals surface area contributed by atoms with Crippen LogP contribution < -0.4 is 10.9 Å². The highest BCUT2D eigenvalue weighted by Crippen LogP contribution is 2.03. The fraction of sp³-hybridized carbons (Fsp3) is 0.375. The number of rotatable bonds is 2. The average molecular weight is 152 g/mol. The lowest BCUT2D eigenvalue weighted by molar-refractivity contribution is 0.644. The van der Waals surface area contributed by atoms with E-state index in [-0.39, 0.29) is 11.6 Å². The van der Waals surface area contributed by atoms with E-state index in [1.807, 2.05) is 26.1 Å². The summed E-state index contributed by atoms with van der Waals surface area (Å²) in [6.45, 7) is 1.95. The third-order valence-corrected chi connectivity index (χ3v) is 1.75. The normalized spacial score (nSPS) is 12.9. The lowest BCUT2D eigenvalue weighted by Crippen LogP contribution is -2.21. The molecule has 3 nitrogen and oxygen atoms in total. The molecule has 1 aromatic heterocycles. The van der Waals surface area contributed by atoms with Gasteiger partial charge in [-0.1, -0.05) is 6.07 Å². The molecule has 0 amide bonds. The Kier molecular flexibility index (Phi) is 2.44. The second-order valence-electron chi connectivity index (χ2n) is 2.46. The van der Waals surface area contributed by atoms with Crippen molar-refractivity contribution in [3.63, 3.8) is 0 Å². The zero-order chi connectivity index (χ0) is 8.27. The molecule has 0 bridgehead atoms. The monoisotopic (exact) mass is 152 g/mol. The topological polar surface area (TPSA) is 44.9 Å². The molecule has 0 aliphatic rings. The van der Waals surface area contributed by atoms with Crippen LogP contribution in [-0.4, -0.2) is 12.0 Å². The molecule has 0 saturated heterocycles. The summed E-state index contributed by atoms with van der Waals surface area (Å²) >= 11 is 0. The molecule has 0 spiro atoms. The Labute approximate surface area is 65.5 Å². The molecule has 0 saturated carbocycles. The lowest BCUT2D eigenvalue weighted by Gasteiger charge is -2.07. The van der Waals surface area contributed by atoms with E-state index in [1.54, 1.807) is 6.20 Å². The van der Waals surface area contributed by atoms with Gasteiger partial charge < -0.3 is 10.3 Å². The van der Waals surface area contributed by atoms with Gasteiger partial charge in [-0.05, 0) is 20.0 Å². The van der Waals surface area contributed by atoms with Crippen LogP contribution in [-0.2, 0) is 0 Å². The second kappa shape index (κ2) is 3.34. The van der Waals surface area contributed by atoms with Crippen molar-refractivity contribution in [1.82, 2.24) is 10.3 Å². The maximum absolute atomic E-state index is 11.1. The molecule has 1 unspecified atom stereocenters. The van der Waals surface area contributed by atoms with Gasteiger partial charge in [0.15, 0.2) is 0 Å². The Bertz CT molecular complexity index is 279. The first-order valence-corrected chi connectivity index (χ1v) is 3.60. The number of pyridine rings is 1. The quantitative estimate of drug-likeness (QED) is 0.653. The molecule has 1 atom stereocenters. The number of hydrogen-bond acceptors (Lipinski definition) is 2. The summed E-state index contributed by atoms with van der Waals surface area (Å²) in [7, 11) is 1.83. The van der Waals surface area contributed by atoms with Crippen molar-refractivity contribution in [2.24, 2.45) is 0 Å². The van der Waals surface area contributed by atoms with Crippen LogP contribution in [0.5, 0.6) is 0 Å². The third kappa shape index (κ3) is 1.68. The highest BCUT2D eigenvalue weighted by molar-refractivity contribution is 5.12. The molecular formula is C8H12N2O. The summed E-state index contributed by atoms with van der Waals surface area (Å²) in [6.07, 6.45) is 1.63. The Morgan fingerprint density at radius 1 is 1.64 bits per heavy atom. The van der Waals surface area contributed by atoms with E-state index in [9.17, 15) is 4.79 Å². The number of hydrogen-bond donors (Lipinski definition) is 2.